The lowest BCUT2D eigenvalue weighted by molar-refractivity contribution is 0.577. The minimum absolute atomic E-state index is 0.0609. The molecule has 1 aliphatic carbocycles. The summed E-state index contributed by atoms with van der Waals surface area (Å²) in [5.74, 6) is 0.317. The number of nitrogens with one attached hydrogen (secondary N) is 1. The molecule has 0 radical (unpaired) electrons. The molecule has 0 unspecified atom stereocenters. The quantitative estimate of drug-likeness (QED) is 0.806. The van der Waals surface area contributed by atoms with Gasteiger partial charge in [0, 0.05) is 12.2 Å². The van der Waals surface area contributed by atoms with Crippen LogP contribution in [0.5, 0.6) is 0 Å². The summed E-state index contributed by atoms with van der Waals surface area (Å²) in [6.07, 6.45) is 4.58. The fraction of sp³-hybridized carbons (Fsp3) is 0.571. The minimum Gasteiger partial charge on any atom is -0.385 e. The van der Waals surface area contributed by atoms with Gasteiger partial charge in [-0.25, -0.2) is 8.42 Å². The number of benzene rings is 1. The predicted octanol–water partition coefficient (Wildman–Crippen LogP) is 2.85. The molecule has 1 N–H and O–H groups in total. The zero-order valence-corrected chi connectivity index (χ0v) is 11.5. The summed E-state index contributed by atoms with van der Waals surface area (Å²) in [5, 5.41) is 3.18. The number of hydrogen-bond acceptors (Lipinski definition) is 3. The van der Waals surface area contributed by atoms with Crippen molar-refractivity contribution < 1.29 is 8.42 Å². The van der Waals surface area contributed by atoms with E-state index in [2.05, 4.69) is 5.32 Å². The Bertz CT molecular complexity index is 450. The molecule has 1 fully saturated rings. The van der Waals surface area contributed by atoms with Gasteiger partial charge in [-0.1, -0.05) is 31.0 Å². The van der Waals surface area contributed by atoms with E-state index in [1.165, 1.54) is 0 Å². The van der Waals surface area contributed by atoms with Gasteiger partial charge in [0.15, 0.2) is 9.84 Å². The van der Waals surface area contributed by atoms with Crippen molar-refractivity contribution in [3.63, 3.8) is 0 Å². The Morgan fingerprint density at radius 3 is 2.44 bits per heavy atom. The summed E-state index contributed by atoms with van der Waals surface area (Å²) in [7, 11) is -2.85. The van der Waals surface area contributed by atoms with Gasteiger partial charge in [-0.3, -0.25) is 0 Å². The molecule has 0 atom stereocenters. The van der Waals surface area contributed by atoms with Crippen LogP contribution in [-0.4, -0.2) is 26.0 Å². The molecule has 2 rings (SSSR count). The van der Waals surface area contributed by atoms with Crippen LogP contribution in [0.3, 0.4) is 0 Å². The van der Waals surface area contributed by atoms with Crippen LogP contribution in [0.25, 0.3) is 0 Å². The molecule has 1 aromatic carbocycles. The average Bonchev–Trinajstić information content (AvgIpc) is 2.91. The molecule has 1 saturated carbocycles. The van der Waals surface area contributed by atoms with E-state index >= 15 is 0 Å². The highest BCUT2D eigenvalue weighted by Crippen LogP contribution is 2.25. The first kappa shape index (κ1) is 13.4. The molecule has 18 heavy (non-hydrogen) atoms. The van der Waals surface area contributed by atoms with E-state index in [1.807, 2.05) is 30.3 Å². The van der Waals surface area contributed by atoms with Crippen LogP contribution in [0.15, 0.2) is 30.3 Å². The van der Waals surface area contributed by atoms with Gasteiger partial charge in [0.2, 0.25) is 0 Å². The van der Waals surface area contributed by atoms with Crippen molar-refractivity contribution in [3.8, 4) is 0 Å². The molecular weight excluding hydrogens is 246 g/mol. The molecule has 1 aromatic rings. The summed E-state index contributed by atoms with van der Waals surface area (Å²) in [6, 6.07) is 9.89. The topological polar surface area (TPSA) is 46.2 Å². The van der Waals surface area contributed by atoms with Gasteiger partial charge in [-0.2, -0.15) is 0 Å². The first-order valence-corrected chi connectivity index (χ1v) is 8.40. The van der Waals surface area contributed by atoms with Crippen LogP contribution < -0.4 is 5.32 Å². The van der Waals surface area contributed by atoms with Gasteiger partial charge < -0.3 is 5.32 Å². The Balaban J connectivity index is 1.72. The van der Waals surface area contributed by atoms with E-state index in [0.717, 1.165) is 37.9 Å². The van der Waals surface area contributed by atoms with Crippen molar-refractivity contribution in [2.75, 3.05) is 17.6 Å². The third kappa shape index (κ3) is 3.73. The van der Waals surface area contributed by atoms with Crippen LogP contribution in [0, 0.1) is 0 Å². The lowest BCUT2D eigenvalue weighted by Crippen LogP contribution is -2.22. The smallest absolute Gasteiger partial charge is 0.153 e. The second-order valence-corrected chi connectivity index (χ2v) is 7.32. The molecule has 0 aliphatic heterocycles. The van der Waals surface area contributed by atoms with E-state index in [9.17, 15) is 8.42 Å². The lowest BCUT2D eigenvalue weighted by Gasteiger charge is -2.11. The van der Waals surface area contributed by atoms with Gasteiger partial charge in [0.05, 0.1) is 11.0 Å². The Labute approximate surface area is 110 Å². The van der Waals surface area contributed by atoms with E-state index in [0.29, 0.717) is 12.2 Å². The SMILES string of the molecule is O=S(=O)(CCCNc1ccccc1)C1CCCC1. The second kappa shape index (κ2) is 6.23. The predicted molar refractivity (Wildman–Crippen MR) is 75.6 cm³/mol. The summed E-state index contributed by atoms with van der Waals surface area (Å²) >= 11 is 0. The molecule has 1 aliphatic rings. The first-order chi connectivity index (χ1) is 8.68. The maximum atomic E-state index is 12.0. The highest BCUT2D eigenvalue weighted by Gasteiger charge is 2.27. The Morgan fingerprint density at radius 2 is 1.78 bits per heavy atom. The van der Waals surface area contributed by atoms with Crippen molar-refractivity contribution in [2.45, 2.75) is 37.4 Å². The Morgan fingerprint density at radius 1 is 1.11 bits per heavy atom. The lowest BCUT2D eigenvalue weighted by atomic mass is 10.3. The van der Waals surface area contributed by atoms with Crippen LogP contribution in [0.1, 0.15) is 32.1 Å². The van der Waals surface area contributed by atoms with Gasteiger partial charge >= 0.3 is 0 Å². The van der Waals surface area contributed by atoms with Gasteiger partial charge in [-0.05, 0) is 31.4 Å². The summed E-state index contributed by atoms with van der Waals surface area (Å²) in [4.78, 5) is 0. The van der Waals surface area contributed by atoms with E-state index in [1.54, 1.807) is 0 Å². The van der Waals surface area contributed by atoms with Gasteiger partial charge in [0.25, 0.3) is 0 Å². The number of para-hydroxylation sites is 1. The van der Waals surface area contributed by atoms with Crippen LogP contribution >= 0.6 is 0 Å². The Hall–Kier alpha value is -1.03. The minimum atomic E-state index is -2.85. The summed E-state index contributed by atoms with van der Waals surface area (Å²) < 4.78 is 24.0. The average molecular weight is 267 g/mol. The molecule has 0 bridgehead atoms. The van der Waals surface area contributed by atoms with E-state index in [4.69, 9.17) is 0 Å². The highest BCUT2D eigenvalue weighted by atomic mass is 32.2. The fourth-order valence-electron chi connectivity index (χ4n) is 2.48. The van der Waals surface area contributed by atoms with Crippen molar-refractivity contribution in [2.24, 2.45) is 0 Å². The van der Waals surface area contributed by atoms with Crippen molar-refractivity contribution >= 4 is 15.5 Å². The molecule has 0 heterocycles. The molecule has 0 aromatic heterocycles. The van der Waals surface area contributed by atoms with Crippen LogP contribution in [-0.2, 0) is 9.84 Å². The van der Waals surface area contributed by atoms with Crippen molar-refractivity contribution in [1.82, 2.24) is 0 Å². The van der Waals surface area contributed by atoms with Crippen molar-refractivity contribution in [1.29, 1.82) is 0 Å². The fourth-order valence-corrected chi connectivity index (χ4v) is 4.41. The third-order valence-corrected chi connectivity index (χ3v) is 5.86. The monoisotopic (exact) mass is 267 g/mol. The molecule has 0 saturated heterocycles. The number of rotatable bonds is 6. The van der Waals surface area contributed by atoms with E-state index in [-0.39, 0.29) is 5.25 Å². The van der Waals surface area contributed by atoms with E-state index < -0.39 is 9.84 Å². The van der Waals surface area contributed by atoms with Crippen LogP contribution in [0.2, 0.25) is 0 Å². The maximum Gasteiger partial charge on any atom is 0.153 e. The first-order valence-electron chi connectivity index (χ1n) is 6.69. The zero-order chi connectivity index (χ0) is 12.8. The molecular formula is C14H21NO2S. The standard InChI is InChI=1S/C14H21NO2S/c16-18(17,14-9-4-5-10-14)12-6-11-15-13-7-2-1-3-8-13/h1-3,7-8,14-15H,4-6,9-12H2. The molecule has 0 spiro atoms. The zero-order valence-electron chi connectivity index (χ0n) is 10.6. The molecule has 4 heteroatoms. The molecule has 0 amide bonds. The summed E-state index contributed by atoms with van der Waals surface area (Å²) in [5.41, 5.74) is 1.05. The molecule has 100 valence electrons. The Kier molecular flexibility index (Phi) is 4.64. The maximum absolute atomic E-state index is 12.0. The number of anilines is 1. The van der Waals surface area contributed by atoms with Gasteiger partial charge in [-0.15, -0.1) is 0 Å². The largest absolute Gasteiger partial charge is 0.385 e. The third-order valence-electron chi connectivity index (χ3n) is 3.52. The molecule has 3 nitrogen and oxygen atoms in total. The number of sulfone groups is 1. The van der Waals surface area contributed by atoms with Crippen LogP contribution in [0.4, 0.5) is 5.69 Å². The highest BCUT2D eigenvalue weighted by molar-refractivity contribution is 7.92. The van der Waals surface area contributed by atoms with Crippen molar-refractivity contribution in [3.05, 3.63) is 30.3 Å². The normalized spacial score (nSPS) is 16.9. The second-order valence-electron chi connectivity index (χ2n) is 4.92. The number of hydrogen-bond donors (Lipinski definition) is 1. The van der Waals surface area contributed by atoms with Gasteiger partial charge in [0.1, 0.15) is 0 Å². The summed E-state index contributed by atoms with van der Waals surface area (Å²) in [6.45, 7) is 0.718.